The van der Waals surface area contributed by atoms with Crippen LogP contribution in [0.4, 0.5) is 0 Å². The fourth-order valence-corrected chi connectivity index (χ4v) is 1.41. The summed E-state index contributed by atoms with van der Waals surface area (Å²) in [5.74, 6) is -0.197. The van der Waals surface area contributed by atoms with Crippen LogP contribution in [0.3, 0.4) is 0 Å². The van der Waals surface area contributed by atoms with Crippen LogP contribution in [-0.4, -0.2) is 32.5 Å². The summed E-state index contributed by atoms with van der Waals surface area (Å²) in [4.78, 5) is 11.1. The molecule has 1 heterocycles. The van der Waals surface area contributed by atoms with E-state index in [0.29, 0.717) is 0 Å². The van der Waals surface area contributed by atoms with Crippen molar-refractivity contribution >= 4 is 5.97 Å². The summed E-state index contributed by atoms with van der Waals surface area (Å²) in [6.07, 6.45) is 2.81. The molecule has 1 saturated heterocycles. The van der Waals surface area contributed by atoms with Gasteiger partial charge < -0.3 is 9.47 Å². The molecule has 0 aromatic carbocycles. The molecular weight excluding hydrogens is 158 g/mol. The Hall–Kier alpha value is -0.610. The highest BCUT2D eigenvalue weighted by molar-refractivity contribution is 5.75. The minimum absolute atomic E-state index is 0.00264. The first-order valence-electron chi connectivity index (χ1n) is 4.14. The molecule has 0 radical (unpaired) electrons. The van der Waals surface area contributed by atoms with E-state index in [4.69, 9.17) is 4.74 Å². The van der Waals surface area contributed by atoms with Gasteiger partial charge in [-0.25, -0.2) is 0 Å². The molecule has 2 atom stereocenters. The molecular formula is C8H15NO3. The topological polar surface area (TPSA) is 47.6 Å². The molecule has 0 amide bonds. The maximum absolute atomic E-state index is 11.1. The number of nitrogens with one attached hydrogen (secondary N) is 1. The number of hydrogen-bond donors (Lipinski definition) is 1. The van der Waals surface area contributed by atoms with Crippen molar-refractivity contribution in [3.05, 3.63) is 0 Å². The van der Waals surface area contributed by atoms with Crippen molar-refractivity contribution in [3.8, 4) is 0 Å². The Kier molecular flexibility index (Phi) is 3.49. The van der Waals surface area contributed by atoms with E-state index in [2.05, 4.69) is 10.1 Å². The van der Waals surface area contributed by atoms with Crippen LogP contribution in [0.1, 0.15) is 19.3 Å². The Morgan fingerprint density at radius 3 is 2.75 bits per heavy atom. The van der Waals surface area contributed by atoms with Crippen LogP contribution in [0, 0.1) is 0 Å². The van der Waals surface area contributed by atoms with Crippen LogP contribution in [-0.2, 0) is 14.3 Å². The SMILES string of the molecule is COC(=O)[C@H]1CCC[C@@H](OC)N1. The van der Waals surface area contributed by atoms with Gasteiger partial charge in [-0.2, -0.15) is 0 Å². The van der Waals surface area contributed by atoms with Crippen molar-refractivity contribution in [1.82, 2.24) is 5.32 Å². The van der Waals surface area contributed by atoms with Crippen molar-refractivity contribution in [2.45, 2.75) is 31.5 Å². The highest BCUT2D eigenvalue weighted by Gasteiger charge is 2.26. The van der Waals surface area contributed by atoms with Gasteiger partial charge in [-0.15, -0.1) is 0 Å². The molecule has 4 nitrogen and oxygen atoms in total. The van der Waals surface area contributed by atoms with Gasteiger partial charge in [0.25, 0.3) is 0 Å². The normalized spacial score (nSPS) is 29.8. The molecule has 1 aliphatic heterocycles. The van der Waals surface area contributed by atoms with Crippen molar-refractivity contribution in [2.24, 2.45) is 0 Å². The molecule has 1 N–H and O–H groups in total. The fourth-order valence-electron chi connectivity index (χ4n) is 1.41. The van der Waals surface area contributed by atoms with Crippen molar-refractivity contribution < 1.29 is 14.3 Å². The largest absolute Gasteiger partial charge is 0.468 e. The second-order valence-corrected chi connectivity index (χ2v) is 2.90. The average Bonchev–Trinajstić information content (AvgIpc) is 2.17. The number of carbonyl (C=O) groups is 1. The molecule has 70 valence electrons. The minimum atomic E-state index is -0.197. The van der Waals surface area contributed by atoms with E-state index in [0.717, 1.165) is 19.3 Å². The van der Waals surface area contributed by atoms with Crippen LogP contribution >= 0.6 is 0 Å². The second kappa shape index (κ2) is 4.42. The van der Waals surface area contributed by atoms with E-state index >= 15 is 0 Å². The lowest BCUT2D eigenvalue weighted by Crippen LogP contribution is -2.47. The number of hydrogen-bond acceptors (Lipinski definition) is 4. The molecule has 0 saturated carbocycles. The van der Waals surface area contributed by atoms with Gasteiger partial charge in [-0.05, 0) is 19.3 Å². The molecule has 12 heavy (non-hydrogen) atoms. The van der Waals surface area contributed by atoms with Crippen molar-refractivity contribution in [1.29, 1.82) is 0 Å². The first-order chi connectivity index (χ1) is 5.77. The Bertz CT molecular complexity index is 160. The molecule has 1 fully saturated rings. The number of esters is 1. The molecule has 1 rings (SSSR count). The first kappa shape index (κ1) is 9.48. The molecule has 1 aliphatic rings. The number of rotatable bonds is 2. The summed E-state index contributed by atoms with van der Waals surface area (Å²) in [5.41, 5.74) is 0. The second-order valence-electron chi connectivity index (χ2n) is 2.90. The number of ether oxygens (including phenoxy) is 2. The maximum Gasteiger partial charge on any atom is 0.322 e. The predicted octanol–water partition coefficient (Wildman–Crippen LogP) is 0.274. The van der Waals surface area contributed by atoms with Gasteiger partial charge >= 0.3 is 5.97 Å². The van der Waals surface area contributed by atoms with Gasteiger partial charge in [0.2, 0.25) is 0 Å². The Morgan fingerprint density at radius 1 is 1.42 bits per heavy atom. The zero-order chi connectivity index (χ0) is 8.97. The summed E-state index contributed by atoms with van der Waals surface area (Å²) in [6.45, 7) is 0. The third-order valence-corrected chi connectivity index (χ3v) is 2.12. The Morgan fingerprint density at radius 2 is 2.17 bits per heavy atom. The smallest absolute Gasteiger partial charge is 0.322 e. The third-order valence-electron chi connectivity index (χ3n) is 2.12. The van der Waals surface area contributed by atoms with Gasteiger partial charge in [-0.1, -0.05) is 0 Å². The minimum Gasteiger partial charge on any atom is -0.468 e. The lowest BCUT2D eigenvalue weighted by molar-refractivity contribution is -0.145. The van der Waals surface area contributed by atoms with E-state index in [9.17, 15) is 4.79 Å². The molecule has 0 bridgehead atoms. The molecule has 4 heteroatoms. The lowest BCUT2D eigenvalue weighted by Gasteiger charge is -2.27. The zero-order valence-electron chi connectivity index (χ0n) is 7.50. The van der Waals surface area contributed by atoms with E-state index < -0.39 is 0 Å². The third kappa shape index (κ3) is 2.19. The number of methoxy groups -OCH3 is 2. The van der Waals surface area contributed by atoms with Crippen molar-refractivity contribution in [2.75, 3.05) is 14.2 Å². The molecule has 0 aliphatic carbocycles. The first-order valence-corrected chi connectivity index (χ1v) is 4.14. The van der Waals surface area contributed by atoms with E-state index in [1.807, 2.05) is 0 Å². The number of carbonyl (C=O) groups excluding carboxylic acids is 1. The number of piperidine rings is 1. The fraction of sp³-hybridized carbons (Fsp3) is 0.875. The van der Waals surface area contributed by atoms with E-state index in [-0.39, 0.29) is 18.2 Å². The Balaban J connectivity index is 2.40. The van der Waals surface area contributed by atoms with Crippen LogP contribution in [0.2, 0.25) is 0 Å². The highest BCUT2D eigenvalue weighted by Crippen LogP contribution is 2.13. The molecule has 0 aromatic rings. The van der Waals surface area contributed by atoms with Gasteiger partial charge in [0.15, 0.2) is 0 Å². The molecule has 0 unspecified atom stereocenters. The maximum atomic E-state index is 11.1. The summed E-state index contributed by atoms with van der Waals surface area (Å²) in [5, 5.41) is 3.06. The van der Waals surface area contributed by atoms with Gasteiger partial charge in [0.05, 0.1) is 7.11 Å². The Labute approximate surface area is 72.2 Å². The van der Waals surface area contributed by atoms with Crippen molar-refractivity contribution in [3.63, 3.8) is 0 Å². The predicted molar refractivity (Wildman–Crippen MR) is 43.6 cm³/mol. The van der Waals surface area contributed by atoms with Crippen LogP contribution in [0.25, 0.3) is 0 Å². The standard InChI is InChI=1S/C8H15NO3/c1-11-7-5-3-4-6(9-7)8(10)12-2/h6-7,9H,3-5H2,1-2H3/t6-,7-/m1/s1. The van der Waals surface area contributed by atoms with Gasteiger partial charge in [0, 0.05) is 7.11 Å². The van der Waals surface area contributed by atoms with Crippen LogP contribution in [0.5, 0.6) is 0 Å². The lowest BCUT2D eigenvalue weighted by atomic mass is 10.0. The highest BCUT2D eigenvalue weighted by atomic mass is 16.5. The van der Waals surface area contributed by atoms with Crippen LogP contribution < -0.4 is 5.32 Å². The zero-order valence-corrected chi connectivity index (χ0v) is 7.50. The summed E-state index contributed by atoms with van der Waals surface area (Å²) >= 11 is 0. The molecule has 0 spiro atoms. The summed E-state index contributed by atoms with van der Waals surface area (Å²) in [6, 6.07) is -0.186. The quantitative estimate of drug-likeness (QED) is 0.609. The van der Waals surface area contributed by atoms with Gasteiger partial charge in [0.1, 0.15) is 12.3 Å². The monoisotopic (exact) mass is 173 g/mol. The van der Waals surface area contributed by atoms with Gasteiger partial charge in [-0.3, -0.25) is 10.1 Å². The van der Waals surface area contributed by atoms with Crippen LogP contribution in [0.15, 0.2) is 0 Å². The summed E-state index contributed by atoms with van der Waals surface area (Å²) < 4.78 is 9.72. The van der Waals surface area contributed by atoms with E-state index in [1.54, 1.807) is 7.11 Å². The van der Waals surface area contributed by atoms with E-state index in [1.165, 1.54) is 7.11 Å². The summed E-state index contributed by atoms with van der Waals surface area (Å²) in [7, 11) is 3.04. The molecule has 0 aromatic heterocycles. The average molecular weight is 173 g/mol.